The van der Waals surface area contributed by atoms with Crippen molar-refractivity contribution in [1.29, 1.82) is 15.8 Å². The van der Waals surface area contributed by atoms with Crippen LogP contribution in [0.2, 0.25) is 0 Å². The third-order valence-corrected chi connectivity index (χ3v) is 1.44. The first kappa shape index (κ1) is 8.52. The first-order valence-corrected chi connectivity index (χ1v) is 3.21. The molecule has 13 heavy (non-hydrogen) atoms. The average molecular weight is 170 g/mol. The summed E-state index contributed by atoms with van der Waals surface area (Å²) in [6, 6.07) is 6.13. The highest BCUT2D eigenvalue weighted by atomic mass is 16.5. The van der Waals surface area contributed by atoms with Crippen LogP contribution in [-0.4, -0.2) is 0 Å². The zero-order valence-electron chi connectivity index (χ0n) is 6.35. The zero-order valence-corrected chi connectivity index (χ0v) is 6.35. The normalized spacial score (nSPS) is 8.08. The molecule has 0 atom stereocenters. The molecule has 0 aliphatic heterocycles. The van der Waals surface area contributed by atoms with Gasteiger partial charge in [-0.2, -0.15) is 20.5 Å². The molecule has 0 saturated heterocycles. The van der Waals surface area contributed by atoms with E-state index < -0.39 is 0 Å². The van der Waals surface area contributed by atoms with Gasteiger partial charge in [-0.05, 0) is 0 Å². The van der Waals surface area contributed by atoms with Crippen molar-refractivity contribution in [3.05, 3.63) is 34.3 Å². The number of hydrogen-bond donors (Lipinski definition) is 0. The van der Waals surface area contributed by atoms with Gasteiger partial charge in [0.25, 0.3) is 0 Å². The van der Waals surface area contributed by atoms with Crippen LogP contribution in [-0.2, 0) is 0 Å². The molecule has 0 aliphatic rings. The maximum Gasteiger partial charge on any atom is 0.313 e. The lowest BCUT2D eigenvalue weighted by atomic mass is 10.1. The fourth-order valence-corrected chi connectivity index (χ4v) is 0.849. The van der Waals surface area contributed by atoms with E-state index >= 15 is 0 Å². The molecule has 60 valence electrons. The van der Waals surface area contributed by atoms with Gasteiger partial charge in [0.1, 0.15) is 12.1 Å². The number of nitriles is 3. The molecule has 0 N–H and O–H groups in total. The summed E-state index contributed by atoms with van der Waals surface area (Å²) in [5.41, 5.74) is -0.491. The van der Waals surface area contributed by atoms with E-state index in [1.165, 1.54) is 6.07 Å². The topological polar surface area (TPSA) is 98.3 Å². The summed E-state index contributed by atoms with van der Waals surface area (Å²) in [7, 11) is 0. The van der Waals surface area contributed by atoms with Crippen molar-refractivity contribution in [2.45, 2.75) is 0 Å². The van der Waals surface area contributed by atoms with Crippen LogP contribution in [0.5, 0.6) is 0 Å². The summed E-state index contributed by atoms with van der Waals surface area (Å²) in [5.74, 6) is 0. The van der Waals surface area contributed by atoms with Crippen molar-refractivity contribution in [2.75, 3.05) is 0 Å². The van der Waals surface area contributed by atoms with Gasteiger partial charge in [-0.1, -0.05) is 0 Å². The second kappa shape index (κ2) is 3.21. The maximum atomic E-state index is 10.9. The van der Waals surface area contributed by atoms with Gasteiger partial charge in [0.15, 0.2) is 17.8 Å². The molecule has 0 aromatic carbocycles. The molecule has 0 fully saturated rings. The van der Waals surface area contributed by atoms with Crippen molar-refractivity contribution in [2.24, 2.45) is 0 Å². The second-order valence-corrected chi connectivity index (χ2v) is 2.11. The van der Waals surface area contributed by atoms with Gasteiger partial charge in [0.2, 0.25) is 0 Å². The Kier molecular flexibility index (Phi) is 2.10. The Labute approximate surface area is 73.9 Å². The van der Waals surface area contributed by atoms with Crippen LogP contribution in [0.3, 0.4) is 0 Å². The van der Waals surface area contributed by atoms with Crippen LogP contribution in [0.4, 0.5) is 0 Å². The summed E-state index contributed by atoms with van der Waals surface area (Å²) in [6.45, 7) is 0. The molecular weight excluding hydrogens is 168 g/mol. The second-order valence-electron chi connectivity index (χ2n) is 2.11. The highest BCUT2D eigenvalue weighted by molar-refractivity contribution is 5.49. The molecule has 0 aliphatic carbocycles. The zero-order chi connectivity index (χ0) is 9.84. The van der Waals surface area contributed by atoms with Crippen LogP contribution in [0.1, 0.15) is 16.8 Å². The molecule has 1 aromatic heterocycles. The van der Waals surface area contributed by atoms with Crippen LogP contribution in [0.25, 0.3) is 0 Å². The van der Waals surface area contributed by atoms with E-state index in [4.69, 9.17) is 15.8 Å². The van der Waals surface area contributed by atoms with Gasteiger partial charge in [0.05, 0.1) is 5.56 Å². The summed E-state index contributed by atoms with van der Waals surface area (Å²) in [6.07, 6.45) is 1.03. The molecular formula is C8H2N4O. The van der Waals surface area contributed by atoms with Crippen LogP contribution < -0.4 is 4.73 Å². The van der Waals surface area contributed by atoms with Crippen LogP contribution in [0.15, 0.2) is 12.3 Å². The van der Waals surface area contributed by atoms with Gasteiger partial charge in [-0.15, -0.1) is 0 Å². The molecule has 0 unspecified atom stereocenters. The third-order valence-electron chi connectivity index (χ3n) is 1.44. The Hall–Kier alpha value is -2.58. The Morgan fingerprint density at radius 1 is 1.15 bits per heavy atom. The van der Waals surface area contributed by atoms with E-state index in [-0.39, 0.29) is 21.6 Å². The molecule has 1 heterocycles. The highest BCUT2D eigenvalue weighted by Crippen LogP contribution is 2.07. The number of hydrogen-bond acceptors (Lipinski definition) is 4. The fraction of sp³-hybridized carbons (Fsp3) is 0. The molecule has 5 heteroatoms. The SMILES string of the molecule is N#Cc1cc[n+]([O-])c(C#N)c1C#N. The van der Waals surface area contributed by atoms with E-state index in [0.717, 1.165) is 6.20 Å². The first-order valence-electron chi connectivity index (χ1n) is 3.21. The Morgan fingerprint density at radius 3 is 2.31 bits per heavy atom. The minimum atomic E-state index is -0.346. The van der Waals surface area contributed by atoms with Crippen molar-refractivity contribution >= 4 is 0 Å². The van der Waals surface area contributed by atoms with E-state index in [2.05, 4.69) is 0 Å². The highest BCUT2D eigenvalue weighted by Gasteiger charge is 2.16. The standard InChI is InChI=1S/C8H2N4O/c9-3-6-1-2-12(13)8(5-11)7(6)4-10/h1-2H. The minimum absolute atomic E-state index is 0.0335. The smallest absolute Gasteiger partial charge is 0.313 e. The predicted molar refractivity (Wildman–Crippen MR) is 39.5 cm³/mol. The molecule has 5 nitrogen and oxygen atoms in total. The predicted octanol–water partition coefficient (Wildman–Crippen LogP) is -0.0650. The summed E-state index contributed by atoms with van der Waals surface area (Å²) in [4.78, 5) is 0. The van der Waals surface area contributed by atoms with Gasteiger partial charge in [-0.3, -0.25) is 0 Å². The van der Waals surface area contributed by atoms with E-state index in [1.54, 1.807) is 18.2 Å². The van der Waals surface area contributed by atoms with Gasteiger partial charge in [-0.25, -0.2) is 0 Å². The number of rotatable bonds is 0. The van der Waals surface area contributed by atoms with Gasteiger partial charge < -0.3 is 5.21 Å². The lowest BCUT2D eigenvalue weighted by Crippen LogP contribution is -2.31. The summed E-state index contributed by atoms with van der Waals surface area (Å²) < 4.78 is 0.263. The van der Waals surface area contributed by atoms with Crippen LogP contribution in [0, 0.1) is 39.2 Å². The monoisotopic (exact) mass is 170 g/mol. The molecule has 1 rings (SSSR count). The molecule has 0 radical (unpaired) electrons. The number of nitrogens with zero attached hydrogens (tertiary/aromatic N) is 4. The number of pyridine rings is 1. The molecule has 1 aromatic rings. The largest absolute Gasteiger partial charge is 0.618 e. The molecule has 0 bridgehead atoms. The fourth-order valence-electron chi connectivity index (χ4n) is 0.849. The van der Waals surface area contributed by atoms with Gasteiger partial charge >= 0.3 is 5.69 Å². The lowest BCUT2D eigenvalue weighted by molar-refractivity contribution is -0.608. The maximum absolute atomic E-state index is 10.9. The van der Waals surface area contributed by atoms with Crippen LogP contribution >= 0.6 is 0 Å². The quantitative estimate of drug-likeness (QED) is 0.402. The Bertz CT molecular complexity index is 473. The van der Waals surface area contributed by atoms with Crippen molar-refractivity contribution in [3.63, 3.8) is 0 Å². The molecule has 0 spiro atoms. The third kappa shape index (κ3) is 1.24. The van der Waals surface area contributed by atoms with Crippen molar-refractivity contribution in [3.8, 4) is 18.2 Å². The number of aromatic nitrogens is 1. The lowest BCUT2D eigenvalue weighted by Gasteiger charge is -1.99. The summed E-state index contributed by atoms with van der Waals surface area (Å²) >= 11 is 0. The Balaban J connectivity index is 3.63. The minimum Gasteiger partial charge on any atom is -0.618 e. The van der Waals surface area contributed by atoms with Crippen molar-refractivity contribution < 1.29 is 4.73 Å². The summed E-state index contributed by atoms with van der Waals surface area (Å²) in [5, 5.41) is 36.6. The van der Waals surface area contributed by atoms with E-state index in [0.29, 0.717) is 0 Å². The average Bonchev–Trinajstić information content (AvgIpc) is 2.17. The molecule has 0 saturated carbocycles. The Morgan fingerprint density at radius 2 is 1.85 bits per heavy atom. The molecule has 0 amide bonds. The van der Waals surface area contributed by atoms with E-state index in [9.17, 15) is 5.21 Å². The van der Waals surface area contributed by atoms with Crippen molar-refractivity contribution in [1.82, 2.24) is 0 Å². The van der Waals surface area contributed by atoms with E-state index in [1.807, 2.05) is 0 Å². The van der Waals surface area contributed by atoms with Gasteiger partial charge in [0, 0.05) is 6.07 Å². The first-order chi connectivity index (χ1) is 6.24.